The Morgan fingerprint density at radius 1 is 1.00 bits per heavy atom. The molecule has 0 saturated heterocycles. The molecule has 0 fully saturated rings. The highest BCUT2D eigenvalue weighted by Gasteiger charge is 2.39. The van der Waals surface area contributed by atoms with Crippen molar-refractivity contribution in [3.05, 3.63) is 64.9 Å². The maximum atomic E-state index is 13.1. The van der Waals surface area contributed by atoms with Gasteiger partial charge in [0.2, 0.25) is 0 Å². The number of imide groups is 1. The fourth-order valence-electron chi connectivity index (χ4n) is 3.30. The molecule has 0 aromatic heterocycles. The second-order valence-electron chi connectivity index (χ2n) is 7.86. The summed E-state index contributed by atoms with van der Waals surface area (Å²) in [5.74, 6) is -1.33. The van der Waals surface area contributed by atoms with Crippen molar-refractivity contribution >= 4 is 23.1 Å². The van der Waals surface area contributed by atoms with E-state index in [1.807, 2.05) is 39.8 Å². The predicted octanol–water partition coefficient (Wildman–Crippen LogP) is 5.05. The molecular weight excluding hydrogens is 409 g/mol. The molecule has 0 unspecified atom stereocenters. The zero-order valence-corrected chi connectivity index (χ0v) is 17.6. The number of halogens is 3. The lowest BCUT2D eigenvalue weighted by Crippen LogP contribution is -2.35. The number of nitrogens with one attached hydrogen (secondary N) is 1. The Kier molecular flexibility index (Phi) is 6.10. The minimum absolute atomic E-state index is 0.0260. The van der Waals surface area contributed by atoms with Crippen LogP contribution < -0.4 is 10.1 Å². The number of benzene rings is 2. The predicted molar refractivity (Wildman–Crippen MR) is 111 cm³/mol. The van der Waals surface area contributed by atoms with Crippen LogP contribution in [0.5, 0.6) is 5.75 Å². The Morgan fingerprint density at radius 3 is 2.32 bits per heavy atom. The van der Waals surface area contributed by atoms with Crippen LogP contribution in [0.3, 0.4) is 0 Å². The lowest BCUT2D eigenvalue weighted by atomic mass is 9.99. The highest BCUT2D eigenvalue weighted by atomic mass is 19.4. The zero-order valence-electron chi connectivity index (χ0n) is 17.6. The quantitative estimate of drug-likeness (QED) is 0.649. The maximum Gasteiger partial charge on any atom is 0.573 e. The molecule has 2 aromatic carbocycles. The first-order valence-electron chi connectivity index (χ1n) is 9.77. The first kappa shape index (κ1) is 22.4. The van der Waals surface area contributed by atoms with Gasteiger partial charge < -0.3 is 10.1 Å². The summed E-state index contributed by atoms with van der Waals surface area (Å²) in [6, 6.07) is 10.6. The molecule has 0 atom stereocenters. The average Bonchev–Trinajstić information content (AvgIpc) is 2.87. The largest absolute Gasteiger partial charge is 0.573 e. The molecule has 1 heterocycles. The van der Waals surface area contributed by atoms with Gasteiger partial charge in [-0.05, 0) is 48.6 Å². The first-order valence-corrected chi connectivity index (χ1v) is 9.77. The Labute approximate surface area is 178 Å². The number of anilines is 1. The van der Waals surface area contributed by atoms with Crippen LogP contribution in [0.1, 0.15) is 30.5 Å². The van der Waals surface area contributed by atoms with E-state index < -0.39 is 23.9 Å². The second kappa shape index (κ2) is 8.45. The van der Waals surface area contributed by atoms with Crippen molar-refractivity contribution in [3.8, 4) is 5.75 Å². The Bertz CT molecular complexity index is 1060. The van der Waals surface area contributed by atoms with Crippen molar-refractivity contribution in [1.82, 2.24) is 4.90 Å². The molecule has 3 rings (SSSR count). The molecule has 2 aromatic rings. The summed E-state index contributed by atoms with van der Waals surface area (Å²) in [7, 11) is 0. The molecule has 8 heteroatoms. The lowest BCUT2D eigenvalue weighted by molar-refractivity contribution is -0.274. The monoisotopic (exact) mass is 432 g/mol. The Hall–Kier alpha value is -3.29. The van der Waals surface area contributed by atoms with E-state index in [4.69, 9.17) is 0 Å². The molecule has 5 nitrogen and oxygen atoms in total. The summed E-state index contributed by atoms with van der Waals surface area (Å²) in [5.41, 5.74) is 2.97. The summed E-state index contributed by atoms with van der Waals surface area (Å²) in [4.78, 5) is 27.4. The molecular formula is C23H23F3N2O3. The fraction of sp³-hybridized carbons (Fsp3) is 0.304. The van der Waals surface area contributed by atoms with E-state index >= 15 is 0 Å². The standard InChI is InChI=1S/C23H23F3N2O3/c1-13(2)12-28-21(29)19(16-9-8-14(3)15(4)10-16)20(22(28)30)27-17-6-5-7-18(11-17)31-23(24,25)26/h5-11,13,27H,12H2,1-4H3. The number of carbonyl (C=O) groups is 2. The minimum atomic E-state index is -4.84. The summed E-state index contributed by atoms with van der Waals surface area (Å²) >= 11 is 0. The van der Waals surface area contributed by atoms with Crippen molar-refractivity contribution in [2.75, 3.05) is 11.9 Å². The van der Waals surface area contributed by atoms with Crippen LogP contribution in [0.15, 0.2) is 48.2 Å². The van der Waals surface area contributed by atoms with Crippen molar-refractivity contribution in [3.63, 3.8) is 0 Å². The van der Waals surface area contributed by atoms with Crippen LogP contribution in [-0.2, 0) is 9.59 Å². The van der Waals surface area contributed by atoms with Crippen LogP contribution in [0.4, 0.5) is 18.9 Å². The second-order valence-corrected chi connectivity index (χ2v) is 7.86. The SMILES string of the molecule is Cc1ccc(C2=C(Nc3cccc(OC(F)(F)F)c3)C(=O)N(CC(C)C)C2=O)cc1C. The number of carbonyl (C=O) groups excluding carboxylic acids is 2. The third-order valence-electron chi connectivity index (χ3n) is 4.85. The lowest BCUT2D eigenvalue weighted by Gasteiger charge is -2.17. The summed E-state index contributed by atoms with van der Waals surface area (Å²) in [5, 5.41) is 2.85. The number of nitrogens with zero attached hydrogens (tertiary/aromatic N) is 1. The van der Waals surface area contributed by atoms with Gasteiger partial charge in [0.25, 0.3) is 11.8 Å². The van der Waals surface area contributed by atoms with Crippen molar-refractivity contribution < 1.29 is 27.5 Å². The van der Waals surface area contributed by atoms with Crippen molar-refractivity contribution in [2.45, 2.75) is 34.1 Å². The fourth-order valence-corrected chi connectivity index (χ4v) is 3.30. The molecule has 0 bridgehead atoms. The Balaban J connectivity index is 2.04. The van der Waals surface area contributed by atoms with Crippen LogP contribution in [0, 0.1) is 19.8 Å². The van der Waals surface area contributed by atoms with Gasteiger partial charge in [-0.3, -0.25) is 14.5 Å². The number of hydrogen-bond acceptors (Lipinski definition) is 4. The van der Waals surface area contributed by atoms with Gasteiger partial charge in [-0.2, -0.15) is 0 Å². The molecule has 164 valence electrons. The van der Waals surface area contributed by atoms with Gasteiger partial charge in [0, 0.05) is 18.3 Å². The third kappa shape index (κ3) is 5.07. The van der Waals surface area contributed by atoms with Gasteiger partial charge >= 0.3 is 6.36 Å². The van der Waals surface area contributed by atoms with Gasteiger partial charge in [-0.1, -0.05) is 38.1 Å². The van der Waals surface area contributed by atoms with Crippen LogP contribution in [0.25, 0.3) is 5.57 Å². The van der Waals surface area contributed by atoms with Gasteiger partial charge in [0.05, 0.1) is 5.57 Å². The van der Waals surface area contributed by atoms with Crippen LogP contribution in [-0.4, -0.2) is 29.6 Å². The third-order valence-corrected chi connectivity index (χ3v) is 4.85. The molecule has 1 aliphatic rings. The molecule has 1 aliphatic heterocycles. The van der Waals surface area contributed by atoms with E-state index in [9.17, 15) is 22.8 Å². The maximum absolute atomic E-state index is 13.1. The van der Waals surface area contributed by atoms with Gasteiger partial charge in [0.15, 0.2) is 0 Å². The minimum Gasteiger partial charge on any atom is -0.406 e. The normalized spacial score (nSPS) is 14.6. The molecule has 2 amide bonds. The van der Waals surface area contributed by atoms with E-state index in [2.05, 4.69) is 10.1 Å². The van der Waals surface area contributed by atoms with E-state index in [0.717, 1.165) is 28.2 Å². The van der Waals surface area contributed by atoms with Gasteiger partial charge in [-0.15, -0.1) is 13.2 Å². The van der Waals surface area contributed by atoms with E-state index in [1.54, 1.807) is 6.07 Å². The van der Waals surface area contributed by atoms with Crippen molar-refractivity contribution in [2.24, 2.45) is 5.92 Å². The van der Waals surface area contributed by atoms with Gasteiger partial charge in [0.1, 0.15) is 11.4 Å². The summed E-state index contributed by atoms with van der Waals surface area (Å²) in [6.07, 6.45) is -4.84. The number of ether oxygens (including phenoxy) is 1. The number of alkyl halides is 3. The number of aryl methyl sites for hydroxylation is 2. The zero-order chi connectivity index (χ0) is 22.9. The number of amides is 2. The van der Waals surface area contributed by atoms with Crippen LogP contribution >= 0.6 is 0 Å². The molecule has 0 saturated carbocycles. The highest BCUT2D eigenvalue weighted by molar-refractivity contribution is 6.36. The van der Waals surface area contributed by atoms with E-state index in [1.165, 1.54) is 12.1 Å². The van der Waals surface area contributed by atoms with Crippen LogP contribution in [0.2, 0.25) is 0 Å². The summed E-state index contributed by atoms with van der Waals surface area (Å²) in [6.45, 7) is 7.84. The molecule has 0 spiro atoms. The topological polar surface area (TPSA) is 58.6 Å². The molecule has 0 radical (unpaired) electrons. The number of rotatable bonds is 6. The summed E-state index contributed by atoms with van der Waals surface area (Å²) < 4.78 is 41.6. The molecule has 31 heavy (non-hydrogen) atoms. The smallest absolute Gasteiger partial charge is 0.406 e. The molecule has 0 aliphatic carbocycles. The van der Waals surface area contributed by atoms with Gasteiger partial charge in [-0.25, -0.2) is 0 Å². The van der Waals surface area contributed by atoms with E-state index in [0.29, 0.717) is 5.56 Å². The number of hydrogen-bond donors (Lipinski definition) is 1. The average molecular weight is 432 g/mol. The van der Waals surface area contributed by atoms with E-state index in [-0.39, 0.29) is 29.4 Å². The highest BCUT2D eigenvalue weighted by Crippen LogP contribution is 2.33. The Morgan fingerprint density at radius 2 is 1.71 bits per heavy atom. The molecule has 1 N–H and O–H groups in total. The first-order chi connectivity index (χ1) is 14.5. The van der Waals surface area contributed by atoms with Crippen molar-refractivity contribution in [1.29, 1.82) is 0 Å².